The first kappa shape index (κ1) is 13.5. The number of rotatable bonds is 2. The highest BCUT2D eigenvalue weighted by Gasteiger charge is 2.16. The molecule has 1 heterocycles. The minimum Gasteiger partial charge on any atom is -0.396 e. The Hall–Kier alpha value is -0.970. The quantitative estimate of drug-likeness (QED) is 0.823. The Bertz CT molecular complexity index is 436. The van der Waals surface area contributed by atoms with E-state index in [9.17, 15) is 4.79 Å². The number of anilines is 1. The zero-order chi connectivity index (χ0) is 13.1. The van der Waals surface area contributed by atoms with Crippen molar-refractivity contribution in [1.82, 2.24) is 10.4 Å². The average Bonchev–Trinajstić information content (AvgIpc) is 2.36. The largest absolute Gasteiger partial charge is 0.396 e. The fourth-order valence-electron chi connectivity index (χ4n) is 1.93. The van der Waals surface area contributed by atoms with Gasteiger partial charge in [-0.15, -0.1) is 0 Å². The smallest absolute Gasteiger partial charge is 0.265 e. The molecule has 1 aliphatic heterocycles. The van der Waals surface area contributed by atoms with Crippen LogP contribution in [-0.2, 0) is 0 Å². The summed E-state index contributed by atoms with van der Waals surface area (Å²) in [5.74, 6) is -0.208. The standard InChI is InChI=1S/C12H15Cl2N3O/c13-9-6-8(7-10(14)11(9)15)12(18)16-17-4-2-1-3-5-17/h6-7H,1-5,15H2,(H,16,18). The van der Waals surface area contributed by atoms with Crippen LogP contribution in [0.5, 0.6) is 0 Å². The minimum absolute atomic E-state index is 0.208. The Morgan fingerprint density at radius 3 is 2.28 bits per heavy atom. The van der Waals surface area contributed by atoms with Gasteiger partial charge in [0.2, 0.25) is 0 Å². The van der Waals surface area contributed by atoms with Gasteiger partial charge in [-0.3, -0.25) is 10.2 Å². The van der Waals surface area contributed by atoms with Crippen LogP contribution >= 0.6 is 23.2 Å². The molecule has 0 spiro atoms. The first-order valence-corrected chi connectivity index (χ1v) is 6.64. The number of nitrogen functional groups attached to an aromatic ring is 1. The molecule has 0 aromatic heterocycles. The molecule has 1 aliphatic rings. The van der Waals surface area contributed by atoms with E-state index in [1.807, 2.05) is 5.01 Å². The second-order valence-corrected chi connectivity index (χ2v) is 5.16. The van der Waals surface area contributed by atoms with Crippen molar-refractivity contribution in [2.24, 2.45) is 0 Å². The van der Waals surface area contributed by atoms with Crippen LogP contribution in [-0.4, -0.2) is 24.0 Å². The number of hydrogen-bond donors (Lipinski definition) is 2. The van der Waals surface area contributed by atoms with E-state index in [-0.39, 0.29) is 5.91 Å². The molecule has 1 saturated heterocycles. The number of carbonyl (C=O) groups excluding carboxylic acids is 1. The van der Waals surface area contributed by atoms with E-state index < -0.39 is 0 Å². The molecule has 18 heavy (non-hydrogen) atoms. The molecule has 0 aliphatic carbocycles. The summed E-state index contributed by atoms with van der Waals surface area (Å²) in [7, 11) is 0. The lowest BCUT2D eigenvalue weighted by molar-refractivity contribution is 0.0750. The van der Waals surface area contributed by atoms with E-state index >= 15 is 0 Å². The number of amides is 1. The van der Waals surface area contributed by atoms with Crippen molar-refractivity contribution >= 4 is 34.8 Å². The van der Waals surface area contributed by atoms with Gasteiger partial charge in [0.05, 0.1) is 15.7 Å². The number of hydrazine groups is 1. The molecule has 1 amide bonds. The third kappa shape index (κ3) is 3.07. The van der Waals surface area contributed by atoms with E-state index in [0.717, 1.165) is 25.9 Å². The van der Waals surface area contributed by atoms with Crippen molar-refractivity contribution in [2.75, 3.05) is 18.8 Å². The van der Waals surface area contributed by atoms with E-state index in [1.165, 1.54) is 18.6 Å². The zero-order valence-corrected chi connectivity index (χ0v) is 11.4. The maximum Gasteiger partial charge on any atom is 0.265 e. The zero-order valence-electron chi connectivity index (χ0n) is 9.88. The molecule has 1 aromatic carbocycles. The summed E-state index contributed by atoms with van der Waals surface area (Å²) >= 11 is 11.8. The summed E-state index contributed by atoms with van der Waals surface area (Å²) < 4.78 is 0. The van der Waals surface area contributed by atoms with Crippen LogP contribution in [0.3, 0.4) is 0 Å². The molecule has 0 unspecified atom stereocenters. The van der Waals surface area contributed by atoms with Gasteiger partial charge in [-0.25, -0.2) is 5.01 Å². The molecule has 0 saturated carbocycles. The third-order valence-electron chi connectivity index (χ3n) is 2.96. The van der Waals surface area contributed by atoms with Crippen molar-refractivity contribution in [1.29, 1.82) is 0 Å². The summed E-state index contributed by atoms with van der Waals surface area (Å²) in [6.07, 6.45) is 3.42. The highest BCUT2D eigenvalue weighted by Crippen LogP contribution is 2.28. The topological polar surface area (TPSA) is 58.4 Å². The number of benzene rings is 1. The molecule has 0 atom stereocenters. The summed E-state index contributed by atoms with van der Waals surface area (Å²) in [5.41, 5.74) is 9.19. The molecular formula is C12H15Cl2N3O. The number of carbonyl (C=O) groups is 1. The van der Waals surface area contributed by atoms with Crippen molar-refractivity contribution in [3.63, 3.8) is 0 Å². The lowest BCUT2D eigenvalue weighted by Gasteiger charge is -2.26. The predicted molar refractivity (Wildman–Crippen MR) is 73.8 cm³/mol. The second-order valence-electron chi connectivity index (χ2n) is 4.34. The van der Waals surface area contributed by atoms with Gasteiger partial charge in [-0.05, 0) is 25.0 Å². The third-order valence-corrected chi connectivity index (χ3v) is 3.58. The predicted octanol–water partition coefficient (Wildman–Crippen LogP) is 2.71. The van der Waals surface area contributed by atoms with Gasteiger partial charge in [0, 0.05) is 18.7 Å². The number of nitrogens with two attached hydrogens (primary N) is 1. The van der Waals surface area contributed by atoms with Gasteiger partial charge in [0.1, 0.15) is 0 Å². The Balaban J connectivity index is 2.08. The number of hydrogen-bond acceptors (Lipinski definition) is 3. The van der Waals surface area contributed by atoms with Crippen molar-refractivity contribution < 1.29 is 4.79 Å². The Morgan fingerprint density at radius 1 is 1.17 bits per heavy atom. The molecule has 1 fully saturated rings. The van der Waals surface area contributed by atoms with Gasteiger partial charge >= 0.3 is 0 Å². The summed E-state index contributed by atoms with van der Waals surface area (Å²) in [6.45, 7) is 1.75. The lowest BCUT2D eigenvalue weighted by atomic mass is 10.1. The molecule has 6 heteroatoms. The van der Waals surface area contributed by atoms with Crippen molar-refractivity contribution in [3.05, 3.63) is 27.7 Å². The van der Waals surface area contributed by atoms with Crippen molar-refractivity contribution in [3.8, 4) is 0 Å². The van der Waals surface area contributed by atoms with Gasteiger partial charge in [-0.1, -0.05) is 29.6 Å². The monoisotopic (exact) mass is 287 g/mol. The van der Waals surface area contributed by atoms with E-state index in [2.05, 4.69) is 5.43 Å². The van der Waals surface area contributed by atoms with Gasteiger partial charge in [0.25, 0.3) is 5.91 Å². The number of halogens is 2. The number of nitrogens with one attached hydrogen (secondary N) is 1. The van der Waals surface area contributed by atoms with Gasteiger partial charge in [-0.2, -0.15) is 0 Å². The highest BCUT2D eigenvalue weighted by atomic mass is 35.5. The number of piperidine rings is 1. The van der Waals surface area contributed by atoms with E-state index in [1.54, 1.807) is 0 Å². The Kier molecular flexibility index (Phi) is 4.32. The van der Waals surface area contributed by atoms with Crippen LogP contribution in [0.15, 0.2) is 12.1 Å². The molecule has 2 rings (SSSR count). The fourth-order valence-corrected chi connectivity index (χ4v) is 2.42. The van der Waals surface area contributed by atoms with Crippen LogP contribution < -0.4 is 11.2 Å². The van der Waals surface area contributed by atoms with Crippen LogP contribution in [0, 0.1) is 0 Å². The first-order chi connectivity index (χ1) is 8.58. The minimum atomic E-state index is -0.208. The maximum absolute atomic E-state index is 12.0. The second kappa shape index (κ2) is 5.78. The summed E-state index contributed by atoms with van der Waals surface area (Å²) in [6, 6.07) is 3.06. The first-order valence-electron chi connectivity index (χ1n) is 5.88. The van der Waals surface area contributed by atoms with E-state index in [4.69, 9.17) is 28.9 Å². The van der Waals surface area contributed by atoms with Crippen LogP contribution in [0.1, 0.15) is 29.6 Å². The average molecular weight is 288 g/mol. The molecule has 4 nitrogen and oxygen atoms in total. The SMILES string of the molecule is Nc1c(Cl)cc(C(=O)NN2CCCCC2)cc1Cl. The number of nitrogens with zero attached hydrogens (tertiary/aromatic N) is 1. The van der Waals surface area contributed by atoms with Crippen LogP contribution in [0.4, 0.5) is 5.69 Å². The molecule has 3 N–H and O–H groups in total. The lowest BCUT2D eigenvalue weighted by Crippen LogP contribution is -2.45. The summed E-state index contributed by atoms with van der Waals surface area (Å²) in [4.78, 5) is 12.0. The van der Waals surface area contributed by atoms with Crippen molar-refractivity contribution in [2.45, 2.75) is 19.3 Å². The van der Waals surface area contributed by atoms with Crippen LogP contribution in [0.2, 0.25) is 10.0 Å². The maximum atomic E-state index is 12.0. The highest BCUT2D eigenvalue weighted by molar-refractivity contribution is 6.39. The molecule has 1 aromatic rings. The summed E-state index contributed by atoms with van der Waals surface area (Å²) in [5, 5.41) is 2.52. The molecule has 0 radical (unpaired) electrons. The molecular weight excluding hydrogens is 273 g/mol. The van der Waals surface area contributed by atoms with Gasteiger partial charge < -0.3 is 5.73 Å². The Morgan fingerprint density at radius 2 is 1.72 bits per heavy atom. The molecule has 0 bridgehead atoms. The fraction of sp³-hybridized carbons (Fsp3) is 0.417. The molecule has 98 valence electrons. The van der Waals surface area contributed by atoms with E-state index in [0.29, 0.717) is 21.3 Å². The Labute approximate surface area is 116 Å². The van der Waals surface area contributed by atoms with Crippen LogP contribution in [0.25, 0.3) is 0 Å². The normalized spacial score (nSPS) is 16.6. The van der Waals surface area contributed by atoms with Gasteiger partial charge in [0.15, 0.2) is 0 Å².